The Morgan fingerprint density at radius 1 is 1.24 bits per heavy atom. The second-order valence-corrected chi connectivity index (χ2v) is 6.33. The minimum Gasteiger partial charge on any atom is -0.481 e. The quantitative estimate of drug-likeness (QED) is 0.849. The number of alkyl halides is 3. The van der Waals surface area contributed by atoms with Gasteiger partial charge < -0.3 is 10.0 Å². The molecule has 1 aliphatic heterocycles. The van der Waals surface area contributed by atoms with Gasteiger partial charge in [-0.2, -0.15) is 13.2 Å². The number of hydrogen-bond donors (Lipinski definition) is 1. The van der Waals surface area contributed by atoms with Gasteiger partial charge in [0.05, 0.1) is 11.8 Å². The molecule has 0 aromatic rings. The number of rotatable bonds is 5. The van der Waals surface area contributed by atoms with Gasteiger partial charge in [-0.3, -0.25) is 9.59 Å². The summed E-state index contributed by atoms with van der Waals surface area (Å²) in [6, 6.07) is 0. The number of carboxylic acid groups (broad SMARTS) is 1. The Hall–Kier alpha value is -1.27. The molecule has 3 atom stereocenters. The number of carbonyl (C=O) groups is 2. The van der Waals surface area contributed by atoms with Crippen LogP contribution in [0.1, 0.15) is 33.6 Å². The molecule has 1 fully saturated rings. The van der Waals surface area contributed by atoms with Crippen molar-refractivity contribution < 1.29 is 27.9 Å². The summed E-state index contributed by atoms with van der Waals surface area (Å²) >= 11 is 0. The first-order chi connectivity index (χ1) is 9.52. The SMILES string of the molecule is CC(C)CC(C)CC(=O)N1C[C@@H](C(F)(F)F)[C@H](C(=O)O)C1. The first kappa shape index (κ1) is 17.8. The van der Waals surface area contributed by atoms with E-state index in [1.165, 1.54) is 0 Å². The third-order valence-electron chi connectivity index (χ3n) is 3.81. The Morgan fingerprint density at radius 2 is 1.81 bits per heavy atom. The van der Waals surface area contributed by atoms with E-state index in [2.05, 4.69) is 0 Å². The van der Waals surface area contributed by atoms with Crippen LogP contribution in [0.2, 0.25) is 0 Å². The molecule has 0 aromatic heterocycles. The van der Waals surface area contributed by atoms with E-state index in [1.54, 1.807) is 0 Å². The van der Waals surface area contributed by atoms with Gasteiger partial charge in [0.25, 0.3) is 0 Å². The van der Waals surface area contributed by atoms with E-state index < -0.39 is 30.5 Å². The van der Waals surface area contributed by atoms with Gasteiger partial charge in [-0.15, -0.1) is 0 Å². The molecular weight excluding hydrogens is 287 g/mol. The fourth-order valence-corrected chi connectivity index (χ4v) is 2.90. The molecule has 1 unspecified atom stereocenters. The molecule has 1 aliphatic rings. The van der Waals surface area contributed by atoms with Gasteiger partial charge in [0.15, 0.2) is 0 Å². The average molecular weight is 309 g/mol. The highest BCUT2D eigenvalue weighted by Gasteiger charge is 2.53. The molecule has 0 spiro atoms. The van der Waals surface area contributed by atoms with Crippen LogP contribution in [0.15, 0.2) is 0 Å². The minimum absolute atomic E-state index is 0.0747. The van der Waals surface area contributed by atoms with Crippen LogP contribution in [0.25, 0.3) is 0 Å². The highest BCUT2D eigenvalue weighted by molar-refractivity contribution is 5.79. The van der Waals surface area contributed by atoms with Crippen LogP contribution in [-0.4, -0.2) is 41.1 Å². The highest BCUT2D eigenvalue weighted by Crippen LogP contribution is 2.38. The lowest BCUT2D eigenvalue weighted by molar-refractivity contribution is -0.188. The molecule has 1 saturated heterocycles. The zero-order valence-electron chi connectivity index (χ0n) is 12.5. The topological polar surface area (TPSA) is 57.6 Å². The first-order valence-corrected chi connectivity index (χ1v) is 7.09. The molecule has 0 bridgehead atoms. The predicted molar refractivity (Wildman–Crippen MR) is 70.5 cm³/mol. The van der Waals surface area contributed by atoms with E-state index in [4.69, 9.17) is 5.11 Å². The van der Waals surface area contributed by atoms with E-state index in [-0.39, 0.29) is 24.8 Å². The Bertz CT molecular complexity index is 395. The average Bonchev–Trinajstić information content (AvgIpc) is 2.71. The zero-order valence-corrected chi connectivity index (χ0v) is 12.5. The van der Waals surface area contributed by atoms with Crippen LogP contribution in [-0.2, 0) is 9.59 Å². The van der Waals surface area contributed by atoms with Crippen molar-refractivity contribution in [3.8, 4) is 0 Å². The summed E-state index contributed by atoms with van der Waals surface area (Å²) < 4.78 is 38.5. The van der Waals surface area contributed by atoms with Gasteiger partial charge in [-0.25, -0.2) is 0 Å². The van der Waals surface area contributed by atoms with Crippen molar-refractivity contribution in [2.75, 3.05) is 13.1 Å². The van der Waals surface area contributed by atoms with Gasteiger partial charge >= 0.3 is 12.1 Å². The van der Waals surface area contributed by atoms with Crippen LogP contribution in [0.5, 0.6) is 0 Å². The summed E-state index contributed by atoms with van der Waals surface area (Å²) in [6.45, 7) is 5.00. The van der Waals surface area contributed by atoms with Crippen LogP contribution >= 0.6 is 0 Å². The van der Waals surface area contributed by atoms with Crippen molar-refractivity contribution in [2.45, 2.75) is 39.8 Å². The maximum absolute atomic E-state index is 12.8. The zero-order chi connectivity index (χ0) is 16.4. The fraction of sp³-hybridized carbons (Fsp3) is 0.857. The van der Waals surface area contributed by atoms with Gasteiger partial charge in [0.2, 0.25) is 5.91 Å². The molecule has 122 valence electrons. The molecule has 1 rings (SSSR count). The second-order valence-electron chi connectivity index (χ2n) is 6.33. The van der Waals surface area contributed by atoms with E-state index in [1.807, 2.05) is 20.8 Å². The molecular formula is C14H22F3NO3. The maximum atomic E-state index is 12.8. The highest BCUT2D eigenvalue weighted by atomic mass is 19.4. The van der Waals surface area contributed by atoms with Crippen molar-refractivity contribution >= 4 is 11.9 Å². The summed E-state index contributed by atoms with van der Waals surface area (Å²) in [6.07, 6.45) is -3.62. The Balaban J connectivity index is 2.69. The van der Waals surface area contributed by atoms with E-state index in [9.17, 15) is 22.8 Å². The molecule has 1 heterocycles. The molecule has 4 nitrogen and oxygen atoms in total. The standard InChI is InChI=1S/C14H22F3NO3/c1-8(2)4-9(3)5-12(19)18-6-10(13(20)21)11(7-18)14(15,16)17/h8-11H,4-7H2,1-3H3,(H,20,21)/t9?,10-,11-/m1/s1. The first-order valence-electron chi connectivity index (χ1n) is 7.09. The normalized spacial score (nSPS) is 24.4. The lowest BCUT2D eigenvalue weighted by Gasteiger charge is -2.20. The number of carbonyl (C=O) groups excluding carboxylic acids is 1. The van der Waals surface area contributed by atoms with Crippen LogP contribution in [0.3, 0.4) is 0 Å². The van der Waals surface area contributed by atoms with Crippen molar-refractivity contribution in [1.29, 1.82) is 0 Å². The lowest BCUT2D eigenvalue weighted by atomic mass is 9.95. The Kier molecular flexibility index (Phi) is 5.64. The summed E-state index contributed by atoms with van der Waals surface area (Å²) in [7, 11) is 0. The molecule has 0 aliphatic carbocycles. The number of nitrogens with zero attached hydrogens (tertiary/aromatic N) is 1. The monoisotopic (exact) mass is 309 g/mol. The molecule has 1 N–H and O–H groups in total. The predicted octanol–water partition coefficient (Wildman–Crippen LogP) is 2.78. The molecule has 0 aromatic carbocycles. The van der Waals surface area contributed by atoms with Crippen LogP contribution < -0.4 is 0 Å². The number of halogens is 3. The second kappa shape index (κ2) is 6.66. The van der Waals surface area contributed by atoms with Crippen molar-refractivity contribution in [1.82, 2.24) is 4.90 Å². The van der Waals surface area contributed by atoms with Crippen LogP contribution in [0, 0.1) is 23.7 Å². The molecule has 7 heteroatoms. The van der Waals surface area contributed by atoms with Gasteiger partial charge in [0.1, 0.15) is 0 Å². The number of likely N-dealkylation sites (tertiary alicyclic amines) is 1. The fourth-order valence-electron chi connectivity index (χ4n) is 2.90. The smallest absolute Gasteiger partial charge is 0.394 e. The van der Waals surface area contributed by atoms with E-state index in [0.29, 0.717) is 5.92 Å². The molecule has 0 radical (unpaired) electrons. The van der Waals surface area contributed by atoms with Crippen molar-refractivity contribution in [3.63, 3.8) is 0 Å². The number of hydrogen-bond acceptors (Lipinski definition) is 2. The van der Waals surface area contributed by atoms with Gasteiger partial charge in [-0.05, 0) is 18.3 Å². The summed E-state index contributed by atoms with van der Waals surface area (Å²) in [5.74, 6) is -4.94. The summed E-state index contributed by atoms with van der Waals surface area (Å²) in [5.41, 5.74) is 0. The van der Waals surface area contributed by atoms with Crippen LogP contribution in [0.4, 0.5) is 13.2 Å². The third kappa shape index (κ3) is 4.89. The van der Waals surface area contributed by atoms with Gasteiger partial charge in [-0.1, -0.05) is 20.8 Å². The molecule has 21 heavy (non-hydrogen) atoms. The number of amides is 1. The van der Waals surface area contributed by atoms with E-state index >= 15 is 0 Å². The largest absolute Gasteiger partial charge is 0.481 e. The summed E-state index contributed by atoms with van der Waals surface area (Å²) in [5, 5.41) is 8.91. The molecule has 1 amide bonds. The van der Waals surface area contributed by atoms with Crippen molar-refractivity contribution in [2.24, 2.45) is 23.7 Å². The number of carboxylic acids is 1. The maximum Gasteiger partial charge on any atom is 0.394 e. The third-order valence-corrected chi connectivity index (χ3v) is 3.81. The van der Waals surface area contributed by atoms with Crippen molar-refractivity contribution in [3.05, 3.63) is 0 Å². The van der Waals surface area contributed by atoms with E-state index in [0.717, 1.165) is 11.3 Å². The Morgan fingerprint density at radius 3 is 2.19 bits per heavy atom. The molecule has 0 saturated carbocycles. The summed E-state index contributed by atoms with van der Waals surface area (Å²) in [4.78, 5) is 24.0. The Labute approximate surface area is 122 Å². The van der Waals surface area contributed by atoms with Gasteiger partial charge in [0, 0.05) is 19.5 Å². The minimum atomic E-state index is -4.60. The lowest BCUT2D eigenvalue weighted by Crippen LogP contribution is -2.34. The number of aliphatic carboxylic acids is 1.